The molecule has 0 aliphatic heterocycles. The minimum absolute atomic E-state index is 0.409. The topological polar surface area (TPSA) is 121 Å². The van der Waals surface area contributed by atoms with Crippen LogP contribution in [-0.4, -0.2) is 38.0 Å². The van der Waals surface area contributed by atoms with Gasteiger partial charge >= 0.3 is 0 Å². The van der Waals surface area contributed by atoms with Gasteiger partial charge in [0.2, 0.25) is 5.91 Å². The Labute approximate surface area is 89.1 Å². The van der Waals surface area contributed by atoms with Crippen molar-refractivity contribution in [2.75, 3.05) is 13.7 Å². The highest BCUT2D eigenvalue weighted by Gasteiger charge is 2.30. The molecule has 3 atom stereocenters. The summed E-state index contributed by atoms with van der Waals surface area (Å²) >= 11 is 0. The van der Waals surface area contributed by atoms with E-state index in [1.807, 2.05) is 0 Å². The third-order valence-corrected chi connectivity index (χ3v) is 2.32. The summed E-state index contributed by atoms with van der Waals surface area (Å²) < 4.78 is 4.94. The monoisotopic (exact) mass is 217 g/mol. The van der Waals surface area contributed by atoms with Gasteiger partial charge in [0.25, 0.3) is 0 Å². The molecule has 2 unspecified atom stereocenters. The normalized spacial score (nSPS) is 16.7. The van der Waals surface area contributed by atoms with Gasteiger partial charge in [-0.25, -0.2) is 0 Å². The van der Waals surface area contributed by atoms with Gasteiger partial charge in [-0.3, -0.25) is 4.79 Å². The van der Waals surface area contributed by atoms with Crippen LogP contribution in [0, 0.1) is 5.92 Å². The van der Waals surface area contributed by atoms with Crippen LogP contribution in [0.15, 0.2) is 0 Å². The van der Waals surface area contributed by atoms with Crippen LogP contribution in [0.25, 0.3) is 0 Å². The fourth-order valence-corrected chi connectivity index (χ4v) is 1.50. The molecule has 0 aromatic rings. The van der Waals surface area contributed by atoms with Crippen molar-refractivity contribution < 1.29 is 14.3 Å². The molecule has 0 bridgehead atoms. The predicted molar refractivity (Wildman–Crippen MR) is 55.8 cm³/mol. The summed E-state index contributed by atoms with van der Waals surface area (Å²) in [5, 5.41) is 0. The molecule has 88 valence electrons. The fraction of sp³-hybridized carbons (Fsp3) is 0.778. The van der Waals surface area contributed by atoms with E-state index in [9.17, 15) is 9.59 Å². The van der Waals surface area contributed by atoms with Crippen LogP contribution in [-0.2, 0) is 14.3 Å². The van der Waals surface area contributed by atoms with Gasteiger partial charge in [0, 0.05) is 13.0 Å². The van der Waals surface area contributed by atoms with Crippen LogP contribution in [0.4, 0.5) is 0 Å². The smallest absolute Gasteiger partial charge is 0.246 e. The van der Waals surface area contributed by atoms with Crippen LogP contribution in [0.3, 0.4) is 0 Å². The Morgan fingerprint density at radius 2 is 2.13 bits per heavy atom. The molecule has 6 N–H and O–H groups in total. The molecule has 15 heavy (non-hydrogen) atoms. The summed E-state index contributed by atoms with van der Waals surface area (Å²) in [6.07, 6.45) is 0.963. The molecule has 6 nitrogen and oxygen atoms in total. The molecule has 0 spiro atoms. The second-order valence-corrected chi connectivity index (χ2v) is 3.37. The predicted octanol–water partition coefficient (Wildman–Crippen LogP) is -1.63. The minimum Gasteiger partial charge on any atom is -0.371 e. The van der Waals surface area contributed by atoms with Crippen LogP contribution >= 0.6 is 0 Å². The van der Waals surface area contributed by atoms with Crippen molar-refractivity contribution in [3.05, 3.63) is 0 Å². The van der Waals surface area contributed by atoms with Crippen molar-refractivity contribution in [3.63, 3.8) is 0 Å². The molecule has 0 heterocycles. The van der Waals surface area contributed by atoms with Crippen molar-refractivity contribution in [3.8, 4) is 0 Å². The lowest BCUT2D eigenvalue weighted by Crippen LogP contribution is -2.46. The molecule has 0 aromatic carbocycles. The molecule has 6 heteroatoms. The molecule has 0 saturated carbocycles. The molecule has 0 aliphatic rings. The molecule has 0 radical (unpaired) electrons. The fourth-order valence-electron chi connectivity index (χ4n) is 1.50. The molecule has 1 amide bonds. The third kappa shape index (κ3) is 4.37. The second-order valence-electron chi connectivity index (χ2n) is 3.37. The SMILES string of the molecule is COC(C(N)=O)C(CCCN)[C@H](N)C=O. The lowest BCUT2D eigenvalue weighted by molar-refractivity contribution is -0.132. The maximum Gasteiger partial charge on any atom is 0.246 e. The zero-order valence-corrected chi connectivity index (χ0v) is 8.89. The summed E-state index contributed by atoms with van der Waals surface area (Å²) in [7, 11) is 1.36. The van der Waals surface area contributed by atoms with Crippen LogP contribution in [0.2, 0.25) is 0 Å². The van der Waals surface area contributed by atoms with Gasteiger partial charge in [-0.05, 0) is 19.4 Å². The van der Waals surface area contributed by atoms with Crippen molar-refractivity contribution in [2.24, 2.45) is 23.1 Å². The number of carbonyl (C=O) groups is 2. The maximum absolute atomic E-state index is 11.0. The minimum atomic E-state index is -0.836. The third-order valence-electron chi connectivity index (χ3n) is 2.32. The van der Waals surface area contributed by atoms with Crippen LogP contribution < -0.4 is 17.2 Å². The molecule has 0 aliphatic carbocycles. The van der Waals surface area contributed by atoms with Gasteiger partial charge in [0.15, 0.2) is 0 Å². The summed E-state index contributed by atoms with van der Waals surface area (Å²) in [5.74, 6) is -1.02. The van der Waals surface area contributed by atoms with E-state index in [2.05, 4.69) is 0 Å². The molecule has 0 fully saturated rings. The van der Waals surface area contributed by atoms with Crippen molar-refractivity contribution in [1.29, 1.82) is 0 Å². The van der Waals surface area contributed by atoms with E-state index in [1.54, 1.807) is 0 Å². The average Bonchev–Trinajstić information content (AvgIpc) is 2.22. The number of methoxy groups -OCH3 is 1. The quantitative estimate of drug-likeness (QED) is 0.421. The van der Waals surface area contributed by atoms with Crippen molar-refractivity contribution in [1.82, 2.24) is 0 Å². The number of nitrogens with two attached hydrogens (primary N) is 3. The first-order chi connectivity index (χ1) is 7.08. The highest BCUT2D eigenvalue weighted by atomic mass is 16.5. The Balaban J connectivity index is 4.56. The summed E-state index contributed by atoms with van der Waals surface area (Å²) in [4.78, 5) is 21.6. The number of hydrogen-bond donors (Lipinski definition) is 3. The molecular weight excluding hydrogens is 198 g/mol. The van der Waals surface area contributed by atoms with Crippen molar-refractivity contribution >= 4 is 12.2 Å². The van der Waals surface area contributed by atoms with Gasteiger partial charge in [-0.2, -0.15) is 0 Å². The second kappa shape index (κ2) is 7.33. The Hall–Kier alpha value is -0.980. The number of aldehydes is 1. The van der Waals surface area contributed by atoms with Gasteiger partial charge in [-0.15, -0.1) is 0 Å². The number of hydrogen-bond acceptors (Lipinski definition) is 5. The maximum atomic E-state index is 11.0. The van der Waals surface area contributed by atoms with E-state index in [0.29, 0.717) is 25.7 Å². The number of primary amides is 1. The van der Waals surface area contributed by atoms with Gasteiger partial charge in [0.1, 0.15) is 12.4 Å². The average molecular weight is 217 g/mol. The summed E-state index contributed by atoms with van der Waals surface area (Å²) in [5.41, 5.74) is 16.1. The highest BCUT2D eigenvalue weighted by molar-refractivity contribution is 5.80. The lowest BCUT2D eigenvalue weighted by Gasteiger charge is -2.25. The van der Waals surface area contributed by atoms with Gasteiger partial charge in [0.05, 0.1) is 6.04 Å². The van der Waals surface area contributed by atoms with E-state index in [1.165, 1.54) is 7.11 Å². The zero-order chi connectivity index (χ0) is 11.8. The Kier molecular flexibility index (Phi) is 6.85. The Morgan fingerprint density at radius 3 is 2.47 bits per heavy atom. The number of ether oxygens (including phenoxy) is 1. The summed E-state index contributed by atoms with van der Waals surface area (Å²) in [6, 6.07) is -0.756. The van der Waals surface area contributed by atoms with Gasteiger partial charge < -0.3 is 26.7 Å². The standard InChI is InChI=1S/C9H19N3O3/c1-15-8(9(12)14)6(3-2-4-10)7(11)5-13/h5-8H,2-4,10-11H2,1H3,(H2,12,14)/t6?,7-,8?/m1/s1. The first kappa shape index (κ1) is 14.0. The first-order valence-corrected chi connectivity index (χ1v) is 4.81. The largest absolute Gasteiger partial charge is 0.371 e. The number of amides is 1. The molecular formula is C9H19N3O3. The van der Waals surface area contributed by atoms with Crippen molar-refractivity contribution in [2.45, 2.75) is 25.0 Å². The van der Waals surface area contributed by atoms with E-state index in [0.717, 1.165) is 0 Å². The van der Waals surface area contributed by atoms with E-state index in [-0.39, 0.29) is 0 Å². The lowest BCUT2D eigenvalue weighted by atomic mass is 9.89. The first-order valence-electron chi connectivity index (χ1n) is 4.81. The molecule has 0 aromatic heterocycles. The van der Waals surface area contributed by atoms with Crippen LogP contribution in [0.1, 0.15) is 12.8 Å². The van der Waals surface area contributed by atoms with Crippen LogP contribution in [0.5, 0.6) is 0 Å². The Bertz CT molecular complexity index is 211. The van der Waals surface area contributed by atoms with Gasteiger partial charge in [-0.1, -0.05) is 0 Å². The highest BCUT2D eigenvalue weighted by Crippen LogP contribution is 2.16. The molecule has 0 saturated heterocycles. The van der Waals surface area contributed by atoms with E-state index in [4.69, 9.17) is 21.9 Å². The van der Waals surface area contributed by atoms with E-state index >= 15 is 0 Å². The van der Waals surface area contributed by atoms with E-state index < -0.39 is 24.0 Å². The molecule has 0 rings (SSSR count). The Morgan fingerprint density at radius 1 is 1.53 bits per heavy atom. The number of carbonyl (C=O) groups excluding carboxylic acids is 2. The number of rotatable bonds is 8. The summed E-state index contributed by atoms with van der Waals surface area (Å²) in [6.45, 7) is 0.470. The zero-order valence-electron chi connectivity index (χ0n) is 8.89.